The molecule has 2 rings (SSSR count). The summed E-state index contributed by atoms with van der Waals surface area (Å²) in [5.74, 6) is 1.44. The molecule has 0 aliphatic heterocycles. The van der Waals surface area contributed by atoms with Gasteiger partial charge in [-0.1, -0.05) is 11.6 Å². The third-order valence-electron chi connectivity index (χ3n) is 2.80. The molecule has 0 saturated heterocycles. The Bertz CT molecular complexity index is 384. The standard InChI is InChI=1S/C11H17ClN4O/c1-16(4-5-17-6-8-2-3-8)11-9(13)10(12)14-7-15-11/h7-8H,2-6,13H2,1H3. The van der Waals surface area contributed by atoms with Crippen molar-refractivity contribution in [2.45, 2.75) is 12.8 Å². The summed E-state index contributed by atoms with van der Waals surface area (Å²) in [5, 5.41) is 0.292. The molecule has 1 heterocycles. The first kappa shape index (κ1) is 12.4. The van der Waals surface area contributed by atoms with Gasteiger partial charge in [0.05, 0.1) is 6.61 Å². The van der Waals surface area contributed by atoms with E-state index < -0.39 is 0 Å². The maximum atomic E-state index is 5.84. The number of nitrogens with zero attached hydrogens (tertiary/aromatic N) is 3. The molecule has 1 aromatic rings. The van der Waals surface area contributed by atoms with Crippen LogP contribution in [0.4, 0.5) is 11.5 Å². The van der Waals surface area contributed by atoms with Crippen molar-refractivity contribution in [1.29, 1.82) is 0 Å². The van der Waals surface area contributed by atoms with Crippen molar-refractivity contribution < 1.29 is 4.74 Å². The lowest BCUT2D eigenvalue weighted by Gasteiger charge is -2.19. The van der Waals surface area contributed by atoms with Crippen molar-refractivity contribution in [2.75, 3.05) is 37.4 Å². The van der Waals surface area contributed by atoms with Crippen LogP contribution in [-0.2, 0) is 4.74 Å². The highest BCUT2D eigenvalue weighted by Crippen LogP contribution is 2.29. The van der Waals surface area contributed by atoms with Crippen LogP contribution in [0.5, 0.6) is 0 Å². The van der Waals surface area contributed by atoms with Gasteiger partial charge in [0.1, 0.15) is 12.0 Å². The van der Waals surface area contributed by atoms with Crippen molar-refractivity contribution in [3.05, 3.63) is 11.5 Å². The fourth-order valence-electron chi connectivity index (χ4n) is 1.51. The number of likely N-dealkylation sites (N-methyl/N-ethyl adjacent to an activating group) is 1. The summed E-state index contributed by atoms with van der Waals surface area (Å²) in [7, 11) is 1.91. The Morgan fingerprint density at radius 3 is 3.00 bits per heavy atom. The lowest BCUT2D eigenvalue weighted by molar-refractivity contribution is 0.131. The molecule has 1 aliphatic carbocycles. The second kappa shape index (κ2) is 5.51. The highest BCUT2D eigenvalue weighted by Gasteiger charge is 2.21. The molecular weight excluding hydrogens is 240 g/mol. The number of hydrogen-bond donors (Lipinski definition) is 1. The Hall–Kier alpha value is -1.07. The highest BCUT2D eigenvalue weighted by molar-refractivity contribution is 6.32. The molecule has 0 amide bonds. The molecule has 1 fully saturated rings. The van der Waals surface area contributed by atoms with Gasteiger partial charge in [-0.15, -0.1) is 0 Å². The van der Waals surface area contributed by atoms with Crippen molar-refractivity contribution in [3.63, 3.8) is 0 Å². The molecule has 0 radical (unpaired) electrons. The van der Waals surface area contributed by atoms with Crippen LogP contribution in [0.1, 0.15) is 12.8 Å². The van der Waals surface area contributed by atoms with E-state index in [1.54, 1.807) is 0 Å². The average Bonchev–Trinajstić information content (AvgIpc) is 3.12. The lowest BCUT2D eigenvalue weighted by atomic mass is 10.4. The Morgan fingerprint density at radius 1 is 1.53 bits per heavy atom. The van der Waals surface area contributed by atoms with E-state index in [2.05, 4.69) is 9.97 Å². The van der Waals surface area contributed by atoms with Crippen molar-refractivity contribution in [2.24, 2.45) is 5.92 Å². The summed E-state index contributed by atoms with van der Waals surface area (Å²) in [6.07, 6.45) is 4.03. The van der Waals surface area contributed by atoms with Gasteiger partial charge < -0.3 is 15.4 Å². The predicted molar refractivity (Wildman–Crippen MR) is 68.3 cm³/mol. The van der Waals surface area contributed by atoms with E-state index in [9.17, 15) is 0 Å². The number of nitrogen functional groups attached to an aromatic ring is 1. The normalized spacial score (nSPS) is 14.9. The molecular formula is C11H17ClN4O. The Balaban J connectivity index is 1.81. The molecule has 0 atom stereocenters. The third-order valence-corrected chi connectivity index (χ3v) is 3.10. The molecule has 17 heavy (non-hydrogen) atoms. The van der Waals surface area contributed by atoms with Gasteiger partial charge in [0.15, 0.2) is 11.0 Å². The summed E-state index contributed by atoms with van der Waals surface area (Å²) in [6, 6.07) is 0. The average molecular weight is 257 g/mol. The van der Waals surface area contributed by atoms with Gasteiger partial charge in [-0.3, -0.25) is 0 Å². The van der Waals surface area contributed by atoms with Crippen LogP contribution in [-0.4, -0.2) is 36.8 Å². The maximum absolute atomic E-state index is 5.84. The molecule has 0 spiro atoms. The number of rotatable bonds is 6. The minimum atomic E-state index is 0.292. The Labute approximate surface area is 106 Å². The summed E-state index contributed by atoms with van der Waals surface area (Å²) in [6.45, 7) is 2.28. The van der Waals surface area contributed by atoms with Crippen LogP contribution >= 0.6 is 11.6 Å². The quantitative estimate of drug-likeness (QED) is 0.618. The third kappa shape index (κ3) is 3.44. The Morgan fingerprint density at radius 2 is 2.29 bits per heavy atom. The van der Waals surface area contributed by atoms with Gasteiger partial charge in [-0.2, -0.15) is 0 Å². The van der Waals surface area contributed by atoms with E-state index in [0.29, 0.717) is 23.3 Å². The Kier molecular flexibility index (Phi) is 4.02. The van der Waals surface area contributed by atoms with Crippen LogP contribution in [0, 0.1) is 5.92 Å². The minimum absolute atomic E-state index is 0.292. The summed E-state index contributed by atoms with van der Waals surface area (Å²) < 4.78 is 5.56. The fourth-order valence-corrected chi connectivity index (χ4v) is 1.64. The van der Waals surface area contributed by atoms with Gasteiger partial charge in [0, 0.05) is 20.2 Å². The number of nitrogens with two attached hydrogens (primary N) is 1. The summed E-state index contributed by atoms with van der Waals surface area (Å²) >= 11 is 5.84. The van der Waals surface area contributed by atoms with Gasteiger partial charge in [-0.05, 0) is 18.8 Å². The molecule has 0 bridgehead atoms. The number of ether oxygens (including phenoxy) is 1. The van der Waals surface area contributed by atoms with Crippen LogP contribution in [0.15, 0.2) is 6.33 Å². The summed E-state index contributed by atoms with van der Waals surface area (Å²) in [4.78, 5) is 9.86. The van der Waals surface area contributed by atoms with Crippen molar-refractivity contribution in [3.8, 4) is 0 Å². The SMILES string of the molecule is CN(CCOCC1CC1)c1ncnc(Cl)c1N. The number of halogens is 1. The zero-order valence-electron chi connectivity index (χ0n) is 9.90. The van der Waals surface area contributed by atoms with E-state index in [0.717, 1.165) is 19.1 Å². The second-order valence-corrected chi connectivity index (χ2v) is 4.70. The molecule has 2 N–H and O–H groups in total. The monoisotopic (exact) mass is 256 g/mol. The zero-order valence-corrected chi connectivity index (χ0v) is 10.7. The van der Waals surface area contributed by atoms with E-state index in [1.807, 2.05) is 11.9 Å². The van der Waals surface area contributed by atoms with E-state index in [1.165, 1.54) is 19.2 Å². The predicted octanol–water partition coefficient (Wildman–Crippen LogP) is 1.57. The molecule has 6 heteroatoms. The first-order chi connectivity index (χ1) is 8.18. The molecule has 94 valence electrons. The van der Waals surface area contributed by atoms with Crippen LogP contribution in [0.3, 0.4) is 0 Å². The molecule has 1 saturated carbocycles. The minimum Gasteiger partial charge on any atom is -0.393 e. The maximum Gasteiger partial charge on any atom is 0.157 e. The van der Waals surface area contributed by atoms with E-state index in [-0.39, 0.29) is 0 Å². The van der Waals surface area contributed by atoms with Crippen LogP contribution in [0.25, 0.3) is 0 Å². The summed E-state index contributed by atoms with van der Waals surface area (Å²) in [5.41, 5.74) is 6.22. The first-order valence-electron chi connectivity index (χ1n) is 5.73. The molecule has 5 nitrogen and oxygen atoms in total. The van der Waals surface area contributed by atoms with Gasteiger partial charge >= 0.3 is 0 Å². The van der Waals surface area contributed by atoms with Crippen molar-refractivity contribution in [1.82, 2.24) is 9.97 Å². The smallest absolute Gasteiger partial charge is 0.157 e. The molecule has 0 aromatic carbocycles. The molecule has 1 aromatic heterocycles. The largest absolute Gasteiger partial charge is 0.393 e. The lowest BCUT2D eigenvalue weighted by Crippen LogP contribution is -2.25. The van der Waals surface area contributed by atoms with Gasteiger partial charge in [0.25, 0.3) is 0 Å². The highest BCUT2D eigenvalue weighted by atomic mass is 35.5. The first-order valence-corrected chi connectivity index (χ1v) is 6.11. The van der Waals surface area contributed by atoms with Crippen LogP contribution in [0.2, 0.25) is 5.15 Å². The topological polar surface area (TPSA) is 64.3 Å². The van der Waals surface area contributed by atoms with Gasteiger partial charge in [-0.25, -0.2) is 9.97 Å². The van der Waals surface area contributed by atoms with Crippen LogP contribution < -0.4 is 10.6 Å². The zero-order chi connectivity index (χ0) is 12.3. The number of anilines is 2. The van der Waals surface area contributed by atoms with E-state index >= 15 is 0 Å². The van der Waals surface area contributed by atoms with E-state index in [4.69, 9.17) is 22.1 Å². The number of hydrogen-bond acceptors (Lipinski definition) is 5. The second-order valence-electron chi connectivity index (χ2n) is 4.34. The molecule has 0 unspecified atom stereocenters. The van der Waals surface area contributed by atoms with Crippen molar-refractivity contribution >= 4 is 23.1 Å². The number of aromatic nitrogens is 2. The van der Waals surface area contributed by atoms with Gasteiger partial charge in [0.2, 0.25) is 0 Å². The fraction of sp³-hybridized carbons (Fsp3) is 0.636. The molecule has 1 aliphatic rings.